The van der Waals surface area contributed by atoms with Crippen LogP contribution in [0.5, 0.6) is 5.75 Å². The van der Waals surface area contributed by atoms with Crippen LogP contribution in [0.4, 0.5) is 0 Å². The van der Waals surface area contributed by atoms with Gasteiger partial charge in [0.05, 0.1) is 5.56 Å². The minimum atomic E-state index is -0.290. The Labute approximate surface area is 102 Å². The summed E-state index contributed by atoms with van der Waals surface area (Å²) in [5, 5.41) is 12.2. The molecule has 94 valence electrons. The Hall–Kier alpha value is -1.55. The van der Waals surface area contributed by atoms with E-state index >= 15 is 0 Å². The van der Waals surface area contributed by atoms with Gasteiger partial charge in [0.2, 0.25) is 0 Å². The molecule has 0 aliphatic carbocycles. The standard InChI is InChI=1S/C13H20N2O2/c1-9(2)7-10(14)8-15-13(17)11-5-3-4-6-12(11)16/h3-6,9-10,16H,7-8,14H2,1-2H3,(H,15,17). The Morgan fingerprint density at radius 1 is 1.41 bits per heavy atom. The van der Waals surface area contributed by atoms with E-state index in [0.717, 1.165) is 6.42 Å². The Kier molecular flexibility index (Phi) is 4.97. The summed E-state index contributed by atoms with van der Waals surface area (Å²) < 4.78 is 0. The largest absolute Gasteiger partial charge is 0.507 e. The zero-order valence-corrected chi connectivity index (χ0v) is 10.3. The van der Waals surface area contributed by atoms with Gasteiger partial charge >= 0.3 is 0 Å². The van der Waals surface area contributed by atoms with Gasteiger partial charge in [0.15, 0.2) is 0 Å². The molecule has 0 spiro atoms. The number of hydrogen-bond acceptors (Lipinski definition) is 3. The second kappa shape index (κ2) is 6.25. The number of nitrogens with one attached hydrogen (secondary N) is 1. The predicted molar refractivity (Wildman–Crippen MR) is 67.9 cm³/mol. The maximum absolute atomic E-state index is 11.7. The highest BCUT2D eigenvalue weighted by molar-refractivity contribution is 5.96. The Morgan fingerprint density at radius 2 is 2.06 bits per heavy atom. The number of rotatable bonds is 5. The molecule has 4 heteroatoms. The molecule has 0 saturated heterocycles. The normalized spacial score (nSPS) is 12.5. The smallest absolute Gasteiger partial charge is 0.255 e. The molecule has 0 bridgehead atoms. The average Bonchev–Trinajstić information content (AvgIpc) is 2.25. The van der Waals surface area contributed by atoms with E-state index in [4.69, 9.17) is 5.73 Å². The number of carbonyl (C=O) groups is 1. The van der Waals surface area contributed by atoms with E-state index in [-0.39, 0.29) is 23.3 Å². The van der Waals surface area contributed by atoms with Gasteiger partial charge in [-0.15, -0.1) is 0 Å². The monoisotopic (exact) mass is 236 g/mol. The summed E-state index contributed by atoms with van der Waals surface area (Å²) in [5.74, 6) is 0.205. The minimum absolute atomic E-state index is 0.0116. The molecular formula is C13H20N2O2. The lowest BCUT2D eigenvalue weighted by atomic mass is 10.0. The number of benzene rings is 1. The van der Waals surface area contributed by atoms with Crippen LogP contribution in [0.15, 0.2) is 24.3 Å². The van der Waals surface area contributed by atoms with Crippen LogP contribution in [-0.4, -0.2) is 23.6 Å². The maximum Gasteiger partial charge on any atom is 0.255 e. The van der Waals surface area contributed by atoms with E-state index in [1.165, 1.54) is 6.07 Å². The van der Waals surface area contributed by atoms with Gasteiger partial charge in [-0.2, -0.15) is 0 Å². The van der Waals surface area contributed by atoms with E-state index in [1.54, 1.807) is 18.2 Å². The summed E-state index contributed by atoms with van der Waals surface area (Å²) in [6, 6.07) is 6.41. The van der Waals surface area contributed by atoms with E-state index in [2.05, 4.69) is 19.2 Å². The molecule has 1 aromatic carbocycles. The zero-order chi connectivity index (χ0) is 12.8. The van der Waals surface area contributed by atoms with Gasteiger partial charge in [0.1, 0.15) is 5.75 Å². The predicted octanol–water partition coefficient (Wildman–Crippen LogP) is 1.50. The number of phenolic OH excluding ortho intramolecular Hbond substituents is 1. The number of phenols is 1. The van der Waals surface area contributed by atoms with Crippen LogP contribution in [0.3, 0.4) is 0 Å². The third kappa shape index (κ3) is 4.44. The SMILES string of the molecule is CC(C)CC(N)CNC(=O)c1ccccc1O. The second-order valence-electron chi connectivity index (χ2n) is 4.62. The fraction of sp³-hybridized carbons (Fsp3) is 0.462. The molecular weight excluding hydrogens is 216 g/mol. The Bertz CT molecular complexity index is 377. The number of hydrogen-bond donors (Lipinski definition) is 3. The first-order valence-electron chi connectivity index (χ1n) is 5.82. The number of nitrogens with two attached hydrogens (primary N) is 1. The highest BCUT2D eigenvalue weighted by atomic mass is 16.3. The lowest BCUT2D eigenvalue weighted by Gasteiger charge is -2.15. The van der Waals surface area contributed by atoms with Crippen molar-refractivity contribution in [3.05, 3.63) is 29.8 Å². The van der Waals surface area contributed by atoms with Crippen molar-refractivity contribution in [1.29, 1.82) is 0 Å². The molecule has 17 heavy (non-hydrogen) atoms. The van der Waals surface area contributed by atoms with Crippen LogP contribution in [0, 0.1) is 5.92 Å². The molecule has 1 unspecified atom stereocenters. The van der Waals surface area contributed by atoms with Gasteiger partial charge in [-0.1, -0.05) is 26.0 Å². The average molecular weight is 236 g/mol. The number of carbonyl (C=O) groups excluding carboxylic acids is 1. The van der Waals surface area contributed by atoms with Gasteiger partial charge in [-0.25, -0.2) is 0 Å². The first kappa shape index (κ1) is 13.5. The van der Waals surface area contributed by atoms with Crippen LogP contribution in [0.1, 0.15) is 30.6 Å². The van der Waals surface area contributed by atoms with Gasteiger partial charge in [-0.3, -0.25) is 4.79 Å². The van der Waals surface area contributed by atoms with Crippen molar-refractivity contribution in [2.45, 2.75) is 26.3 Å². The second-order valence-corrected chi connectivity index (χ2v) is 4.62. The van der Waals surface area contributed by atoms with Crippen LogP contribution in [0.25, 0.3) is 0 Å². The summed E-state index contributed by atoms with van der Waals surface area (Å²) in [4.78, 5) is 11.7. The molecule has 0 aliphatic heterocycles. The molecule has 0 aliphatic rings. The van der Waals surface area contributed by atoms with E-state index in [0.29, 0.717) is 12.5 Å². The number of aromatic hydroxyl groups is 1. The Balaban J connectivity index is 2.48. The molecule has 1 aromatic rings. The summed E-state index contributed by atoms with van der Waals surface area (Å²) in [7, 11) is 0. The first-order chi connectivity index (χ1) is 8.00. The number of amides is 1. The highest BCUT2D eigenvalue weighted by Crippen LogP contribution is 2.14. The van der Waals surface area contributed by atoms with Crippen molar-refractivity contribution in [2.75, 3.05) is 6.54 Å². The third-order valence-corrected chi connectivity index (χ3v) is 2.45. The van der Waals surface area contributed by atoms with E-state index in [9.17, 15) is 9.90 Å². The molecule has 0 fully saturated rings. The fourth-order valence-electron chi connectivity index (χ4n) is 1.67. The van der Waals surface area contributed by atoms with Gasteiger partial charge in [0.25, 0.3) is 5.91 Å². The van der Waals surface area contributed by atoms with Crippen molar-refractivity contribution in [3.8, 4) is 5.75 Å². The zero-order valence-electron chi connectivity index (χ0n) is 10.3. The van der Waals surface area contributed by atoms with Crippen LogP contribution in [0.2, 0.25) is 0 Å². The summed E-state index contributed by atoms with van der Waals surface area (Å²) in [5.41, 5.74) is 6.14. The topological polar surface area (TPSA) is 75.3 Å². The fourth-order valence-corrected chi connectivity index (χ4v) is 1.67. The van der Waals surface area contributed by atoms with Crippen molar-refractivity contribution in [3.63, 3.8) is 0 Å². The summed E-state index contributed by atoms with van der Waals surface area (Å²) in [6.45, 7) is 4.60. The molecule has 0 heterocycles. The van der Waals surface area contributed by atoms with Gasteiger partial charge in [-0.05, 0) is 24.5 Å². The van der Waals surface area contributed by atoms with Crippen molar-refractivity contribution >= 4 is 5.91 Å². The molecule has 0 radical (unpaired) electrons. The third-order valence-electron chi connectivity index (χ3n) is 2.45. The lowest BCUT2D eigenvalue weighted by Crippen LogP contribution is -2.38. The summed E-state index contributed by atoms with van der Waals surface area (Å²) in [6.07, 6.45) is 0.862. The molecule has 4 nitrogen and oxygen atoms in total. The molecule has 1 atom stereocenters. The lowest BCUT2D eigenvalue weighted by molar-refractivity contribution is 0.0947. The van der Waals surface area contributed by atoms with E-state index < -0.39 is 0 Å². The molecule has 4 N–H and O–H groups in total. The van der Waals surface area contributed by atoms with Crippen molar-refractivity contribution in [1.82, 2.24) is 5.32 Å². The minimum Gasteiger partial charge on any atom is -0.507 e. The van der Waals surface area contributed by atoms with Gasteiger partial charge in [0, 0.05) is 12.6 Å². The van der Waals surface area contributed by atoms with Crippen molar-refractivity contribution in [2.24, 2.45) is 11.7 Å². The quantitative estimate of drug-likeness (QED) is 0.725. The Morgan fingerprint density at radius 3 is 2.65 bits per heavy atom. The molecule has 1 rings (SSSR count). The summed E-state index contributed by atoms with van der Waals surface area (Å²) >= 11 is 0. The number of para-hydroxylation sites is 1. The highest BCUT2D eigenvalue weighted by Gasteiger charge is 2.11. The molecule has 1 amide bonds. The first-order valence-corrected chi connectivity index (χ1v) is 5.82. The van der Waals surface area contributed by atoms with E-state index in [1.807, 2.05) is 0 Å². The van der Waals surface area contributed by atoms with Crippen LogP contribution < -0.4 is 11.1 Å². The molecule has 0 aromatic heterocycles. The molecule has 0 saturated carbocycles. The van der Waals surface area contributed by atoms with Gasteiger partial charge < -0.3 is 16.2 Å². The van der Waals surface area contributed by atoms with Crippen LogP contribution in [-0.2, 0) is 0 Å². The van der Waals surface area contributed by atoms with Crippen LogP contribution >= 0.6 is 0 Å². The maximum atomic E-state index is 11.7. The van der Waals surface area contributed by atoms with Crippen molar-refractivity contribution < 1.29 is 9.90 Å².